The van der Waals surface area contributed by atoms with Gasteiger partial charge >= 0.3 is 0 Å². The molecule has 0 aromatic heterocycles. The van der Waals surface area contributed by atoms with Crippen LogP contribution < -0.4 is 9.46 Å². The number of benzene rings is 1. The predicted molar refractivity (Wildman–Crippen MR) is 89.7 cm³/mol. The molecule has 6 nitrogen and oxygen atoms in total. The van der Waals surface area contributed by atoms with Gasteiger partial charge in [-0.1, -0.05) is 30.0 Å². The van der Waals surface area contributed by atoms with E-state index in [1.165, 1.54) is 23.8 Å². The molecule has 0 unspecified atom stereocenters. The van der Waals surface area contributed by atoms with E-state index in [1.807, 2.05) is 0 Å². The third-order valence-electron chi connectivity index (χ3n) is 3.08. The molecule has 1 amide bonds. The number of aryl methyl sites for hydroxylation is 1. The van der Waals surface area contributed by atoms with Gasteiger partial charge in [-0.15, -0.1) is 0 Å². The summed E-state index contributed by atoms with van der Waals surface area (Å²) in [4.78, 5) is 13.1. The van der Waals surface area contributed by atoms with Gasteiger partial charge in [0.25, 0.3) is 0 Å². The van der Waals surface area contributed by atoms with Crippen molar-refractivity contribution in [1.82, 2.24) is 9.62 Å². The third-order valence-corrected chi connectivity index (χ3v) is 5.99. The molecule has 1 aliphatic heterocycles. The van der Waals surface area contributed by atoms with Crippen LogP contribution in [0.25, 0.3) is 0 Å². The van der Waals surface area contributed by atoms with E-state index < -0.39 is 10.0 Å². The molecule has 9 heteroatoms. The van der Waals surface area contributed by atoms with E-state index in [9.17, 15) is 13.2 Å². The highest BCUT2D eigenvalue weighted by molar-refractivity contribution is 8.23. The van der Waals surface area contributed by atoms with Crippen LogP contribution in [0, 0.1) is 6.92 Å². The summed E-state index contributed by atoms with van der Waals surface area (Å²) in [6.07, 6.45) is 0. The first-order chi connectivity index (χ1) is 10.3. The van der Waals surface area contributed by atoms with Crippen molar-refractivity contribution < 1.29 is 17.9 Å². The van der Waals surface area contributed by atoms with Gasteiger partial charge < -0.3 is 4.74 Å². The van der Waals surface area contributed by atoms with Gasteiger partial charge in [-0.05, 0) is 24.6 Å². The lowest BCUT2D eigenvalue weighted by Crippen LogP contribution is -2.37. The molecule has 1 saturated heterocycles. The van der Waals surface area contributed by atoms with Gasteiger partial charge in [-0.3, -0.25) is 9.69 Å². The molecule has 0 saturated carbocycles. The molecule has 1 aromatic carbocycles. The SMILES string of the molecule is COc1ccc(C)cc1S(=O)(=O)NCCN1C(=O)CSC1=S. The van der Waals surface area contributed by atoms with E-state index in [0.717, 1.165) is 5.56 Å². The Hall–Kier alpha value is -1.16. The average Bonchev–Trinajstić information content (AvgIpc) is 2.79. The molecule has 1 aliphatic rings. The highest BCUT2D eigenvalue weighted by Crippen LogP contribution is 2.24. The maximum absolute atomic E-state index is 12.4. The number of sulfonamides is 1. The Kier molecular flexibility index (Phi) is 5.43. The molecule has 0 atom stereocenters. The van der Waals surface area contributed by atoms with E-state index in [4.69, 9.17) is 17.0 Å². The van der Waals surface area contributed by atoms with Gasteiger partial charge in [-0.2, -0.15) is 0 Å². The molecule has 0 aliphatic carbocycles. The Morgan fingerprint density at radius 1 is 1.45 bits per heavy atom. The van der Waals surface area contributed by atoms with Crippen LogP contribution in [0.15, 0.2) is 23.1 Å². The summed E-state index contributed by atoms with van der Waals surface area (Å²) in [5.74, 6) is 0.501. The fourth-order valence-corrected chi connectivity index (χ4v) is 4.36. The lowest BCUT2D eigenvalue weighted by molar-refractivity contribution is -0.123. The fraction of sp³-hybridized carbons (Fsp3) is 0.385. The molecule has 0 radical (unpaired) electrons. The van der Waals surface area contributed by atoms with Gasteiger partial charge in [0.2, 0.25) is 15.9 Å². The normalized spacial score (nSPS) is 15.5. The minimum Gasteiger partial charge on any atom is -0.495 e. The van der Waals surface area contributed by atoms with E-state index >= 15 is 0 Å². The summed E-state index contributed by atoms with van der Waals surface area (Å²) in [5.41, 5.74) is 0.813. The zero-order valence-electron chi connectivity index (χ0n) is 12.2. The van der Waals surface area contributed by atoms with Crippen LogP contribution in [0.4, 0.5) is 0 Å². The molecule has 0 spiro atoms. The van der Waals surface area contributed by atoms with E-state index in [2.05, 4.69) is 4.72 Å². The van der Waals surface area contributed by atoms with Crippen LogP contribution in [0.3, 0.4) is 0 Å². The number of hydrogen-bond acceptors (Lipinski definition) is 6. The molecular formula is C13H16N2O4S3. The third kappa shape index (κ3) is 3.78. The van der Waals surface area contributed by atoms with Crippen molar-refractivity contribution in [3.05, 3.63) is 23.8 Å². The van der Waals surface area contributed by atoms with Gasteiger partial charge in [-0.25, -0.2) is 13.1 Å². The smallest absolute Gasteiger partial charge is 0.244 e. The van der Waals surface area contributed by atoms with E-state index in [-0.39, 0.29) is 29.6 Å². The summed E-state index contributed by atoms with van der Waals surface area (Å²) in [6, 6.07) is 4.93. The molecule has 1 N–H and O–H groups in total. The predicted octanol–water partition coefficient (Wildman–Crippen LogP) is 1.14. The zero-order chi connectivity index (χ0) is 16.3. The quantitative estimate of drug-likeness (QED) is 0.767. The second kappa shape index (κ2) is 6.95. The number of nitrogens with zero attached hydrogens (tertiary/aromatic N) is 1. The number of amides is 1. The molecular weight excluding hydrogens is 344 g/mol. The minimum absolute atomic E-state index is 0.0831. The van der Waals surface area contributed by atoms with Crippen molar-refractivity contribution in [2.75, 3.05) is 26.0 Å². The van der Waals surface area contributed by atoms with Crippen molar-refractivity contribution in [2.45, 2.75) is 11.8 Å². The molecule has 2 rings (SSSR count). The average molecular weight is 360 g/mol. The standard InChI is InChI=1S/C13H16N2O4S3/c1-9-3-4-10(19-2)11(7-9)22(17,18)14-5-6-15-12(16)8-21-13(15)20/h3-4,7,14H,5-6,8H2,1-2H3. The van der Waals surface area contributed by atoms with Crippen molar-refractivity contribution in [1.29, 1.82) is 0 Å². The largest absolute Gasteiger partial charge is 0.495 e. The lowest BCUT2D eigenvalue weighted by atomic mass is 10.2. The summed E-state index contributed by atoms with van der Waals surface area (Å²) < 4.78 is 32.8. The number of thioether (sulfide) groups is 1. The Bertz CT molecular complexity index is 687. The molecule has 0 bridgehead atoms. The van der Waals surface area contributed by atoms with Crippen molar-refractivity contribution in [2.24, 2.45) is 0 Å². The monoisotopic (exact) mass is 360 g/mol. The maximum atomic E-state index is 12.4. The second-order valence-electron chi connectivity index (χ2n) is 4.65. The molecule has 1 aromatic rings. The van der Waals surface area contributed by atoms with Crippen molar-refractivity contribution in [3.8, 4) is 5.75 Å². The number of hydrogen-bond donors (Lipinski definition) is 1. The number of carbonyl (C=O) groups is 1. The maximum Gasteiger partial charge on any atom is 0.244 e. The molecule has 1 fully saturated rings. The minimum atomic E-state index is -3.72. The molecule has 22 heavy (non-hydrogen) atoms. The number of ether oxygens (including phenoxy) is 1. The Morgan fingerprint density at radius 2 is 2.18 bits per heavy atom. The van der Waals surface area contributed by atoms with Crippen LogP contribution in [-0.4, -0.2) is 49.5 Å². The highest BCUT2D eigenvalue weighted by atomic mass is 32.2. The fourth-order valence-electron chi connectivity index (χ4n) is 1.96. The number of nitrogens with one attached hydrogen (secondary N) is 1. The second-order valence-corrected chi connectivity index (χ2v) is 8.00. The van der Waals surface area contributed by atoms with Gasteiger partial charge in [0.1, 0.15) is 15.0 Å². The first kappa shape index (κ1) is 17.2. The van der Waals surface area contributed by atoms with Crippen LogP contribution in [0.2, 0.25) is 0 Å². The van der Waals surface area contributed by atoms with Gasteiger partial charge in [0, 0.05) is 13.1 Å². The van der Waals surface area contributed by atoms with Crippen molar-refractivity contribution >= 4 is 44.2 Å². The number of thiocarbonyl (C=S) groups is 1. The molecule has 120 valence electrons. The van der Waals surface area contributed by atoms with Crippen LogP contribution in [-0.2, 0) is 14.8 Å². The van der Waals surface area contributed by atoms with E-state index in [0.29, 0.717) is 10.1 Å². The van der Waals surface area contributed by atoms with E-state index in [1.54, 1.807) is 25.1 Å². The number of carbonyl (C=O) groups excluding carboxylic acids is 1. The first-order valence-electron chi connectivity index (χ1n) is 6.46. The molecule has 1 heterocycles. The first-order valence-corrected chi connectivity index (χ1v) is 9.34. The summed E-state index contributed by atoms with van der Waals surface area (Å²) in [5, 5.41) is 0. The Labute approximate surface area is 139 Å². The Morgan fingerprint density at radius 3 is 2.77 bits per heavy atom. The summed E-state index contributed by atoms with van der Waals surface area (Å²) in [7, 11) is -2.30. The number of rotatable bonds is 6. The zero-order valence-corrected chi connectivity index (χ0v) is 14.6. The van der Waals surface area contributed by atoms with Gasteiger partial charge in [0.15, 0.2) is 0 Å². The van der Waals surface area contributed by atoms with Crippen LogP contribution in [0.5, 0.6) is 5.75 Å². The van der Waals surface area contributed by atoms with Gasteiger partial charge in [0.05, 0.1) is 12.9 Å². The van der Waals surface area contributed by atoms with Crippen LogP contribution in [0.1, 0.15) is 5.56 Å². The number of methoxy groups -OCH3 is 1. The lowest BCUT2D eigenvalue weighted by Gasteiger charge is -2.16. The summed E-state index contributed by atoms with van der Waals surface area (Å²) in [6.45, 7) is 2.11. The van der Waals surface area contributed by atoms with Crippen molar-refractivity contribution in [3.63, 3.8) is 0 Å². The Balaban J connectivity index is 2.07. The van der Waals surface area contributed by atoms with Crippen LogP contribution >= 0.6 is 24.0 Å². The topological polar surface area (TPSA) is 75.7 Å². The highest BCUT2D eigenvalue weighted by Gasteiger charge is 2.27. The summed E-state index contributed by atoms with van der Waals surface area (Å²) >= 11 is 6.33.